The zero-order valence-electron chi connectivity index (χ0n) is 17.8. The lowest BCUT2D eigenvalue weighted by Gasteiger charge is -2.36. The number of ether oxygens (including phenoxy) is 1. The quantitative estimate of drug-likeness (QED) is 0.352. The predicted molar refractivity (Wildman–Crippen MR) is 128 cm³/mol. The molecule has 1 aromatic carbocycles. The molecule has 1 aromatic heterocycles. The number of halogens is 2. The predicted octanol–water partition coefficient (Wildman–Crippen LogP) is 2.16. The smallest absolute Gasteiger partial charge is 0.194 e. The maximum atomic E-state index is 14.6. The van der Waals surface area contributed by atoms with E-state index in [-0.39, 0.29) is 29.8 Å². The summed E-state index contributed by atoms with van der Waals surface area (Å²) >= 11 is 0. The Hall–Kier alpha value is -1.92. The largest absolute Gasteiger partial charge is 0.378 e. The molecule has 0 unspecified atom stereocenters. The summed E-state index contributed by atoms with van der Waals surface area (Å²) in [4.78, 5) is 11.0. The van der Waals surface area contributed by atoms with Gasteiger partial charge in [-0.3, -0.25) is 9.89 Å². The zero-order chi connectivity index (χ0) is 20.8. The molecule has 2 aromatic rings. The van der Waals surface area contributed by atoms with Gasteiger partial charge in [0.25, 0.3) is 0 Å². The summed E-state index contributed by atoms with van der Waals surface area (Å²) in [6, 6.07) is 7.35. The number of anilines is 1. The van der Waals surface area contributed by atoms with Crippen molar-refractivity contribution in [1.82, 2.24) is 20.3 Å². The fourth-order valence-corrected chi connectivity index (χ4v) is 3.90. The number of hydrogen-bond donors (Lipinski definition) is 1. The number of nitrogens with one attached hydrogen (secondary N) is 1. The van der Waals surface area contributed by atoms with E-state index in [1.165, 1.54) is 0 Å². The van der Waals surface area contributed by atoms with Crippen LogP contribution < -0.4 is 10.2 Å². The first-order valence-corrected chi connectivity index (χ1v) is 10.4. The molecule has 2 aliphatic rings. The van der Waals surface area contributed by atoms with E-state index in [9.17, 15) is 4.39 Å². The van der Waals surface area contributed by atoms with Crippen LogP contribution in [-0.2, 0) is 17.8 Å². The second-order valence-corrected chi connectivity index (χ2v) is 7.54. The Morgan fingerprint density at radius 3 is 2.55 bits per heavy atom. The van der Waals surface area contributed by atoms with Crippen LogP contribution in [0.15, 0.2) is 40.0 Å². The number of nitrogens with zero attached hydrogens (tertiary/aromatic N) is 5. The van der Waals surface area contributed by atoms with E-state index in [0.717, 1.165) is 63.0 Å². The molecule has 0 aliphatic carbocycles. The second-order valence-electron chi connectivity index (χ2n) is 7.54. The van der Waals surface area contributed by atoms with Gasteiger partial charge in [0.1, 0.15) is 12.1 Å². The van der Waals surface area contributed by atoms with Gasteiger partial charge in [0.15, 0.2) is 5.96 Å². The molecule has 2 aliphatic heterocycles. The zero-order valence-corrected chi connectivity index (χ0v) is 20.1. The van der Waals surface area contributed by atoms with E-state index in [0.29, 0.717) is 25.4 Å². The first-order chi connectivity index (χ1) is 14.7. The first-order valence-electron chi connectivity index (χ1n) is 10.4. The minimum Gasteiger partial charge on any atom is -0.378 e. The highest BCUT2D eigenvalue weighted by Gasteiger charge is 2.20. The average molecular weight is 544 g/mol. The second kappa shape index (κ2) is 11.6. The summed E-state index contributed by atoms with van der Waals surface area (Å²) in [5.41, 5.74) is 2.50. The summed E-state index contributed by atoms with van der Waals surface area (Å²) in [5, 5.41) is 7.35. The van der Waals surface area contributed by atoms with E-state index in [1.54, 1.807) is 19.4 Å². The van der Waals surface area contributed by atoms with Crippen LogP contribution in [0.25, 0.3) is 0 Å². The highest BCUT2D eigenvalue weighted by molar-refractivity contribution is 14.0. The van der Waals surface area contributed by atoms with Gasteiger partial charge in [-0.25, -0.2) is 4.39 Å². The van der Waals surface area contributed by atoms with Crippen molar-refractivity contribution in [3.63, 3.8) is 0 Å². The third-order valence-corrected chi connectivity index (χ3v) is 5.57. The minimum absolute atomic E-state index is 0. The minimum atomic E-state index is -0.187. The number of rotatable bonds is 5. The Labute approximate surface area is 199 Å². The number of hydrogen-bond acceptors (Lipinski definition) is 6. The van der Waals surface area contributed by atoms with Gasteiger partial charge in [0, 0.05) is 65.5 Å². The molecule has 10 heteroatoms. The Bertz CT molecular complexity index is 836. The van der Waals surface area contributed by atoms with Crippen LogP contribution in [-0.4, -0.2) is 80.4 Å². The summed E-state index contributed by atoms with van der Waals surface area (Å²) in [7, 11) is 1.78. The van der Waals surface area contributed by atoms with E-state index in [2.05, 4.69) is 25.3 Å². The summed E-state index contributed by atoms with van der Waals surface area (Å²) in [6.45, 7) is 7.68. The summed E-state index contributed by atoms with van der Waals surface area (Å²) in [5.74, 6) is 0.654. The van der Waals surface area contributed by atoms with Gasteiger partial charge in [-0.2, -0.15) is 0 Å². The maximum absolute atomic E-state index is 14.6. The van der Waals surface area contributed by atoms with Gasteiger partial charge in [0.05, 0.1) is 24.6 Å². The molecule has 170 valence electrons. The fraction of sp³-hybridized carbons (Fsp3) is 0.524. The van der Waals surface area contributed by atoms with Crippen molar-refractivity contribution in [3.8, 4) is 0 Å². The molecule has 1 N–H and O–H groups in total. The van der Waals surface area contributed by atoms with Gasteiger partial charge in [-0.1, -0.05) is 11.2 Å². The van der Waals surface area contributed by atoms with Gasteiger partial charge in [-0.05, 0) is 17.7 Å². The third-order valence-electron chi connectivity index (χ3n) is 5.57. The SMILES string of the molecule is CN=C(NCc1ccc(N2CCOCC2)c(F)c1)N1CCN(Cc2ccon2)CC1.I. The molecule has 0 radical (unpaired) electrons. The number of benzene rings is 1. The molecule has 2 saturated heterocycles. The van der Waals surface area contributed by atoms with Crippen molar-refractivity contribution in [2.24, 2.45) is 4.99 Å². The first kappa shape index (κ1) is 23.7. The number of morpholine rings is 1. The van der Waals surface area contributed by atoms with Crippen LogP contribution in [0.1, 0.15) is 11.3 Å². The number of piperazine rings is 1. The van der Waals surface area contributed by atoms with E-state index < -0.39 is 0 Å². The van der Waals surface area contributed by atoms with Crippen molar-refractivity contribution in [3.05, 3.63) is 47.6 Å². The normalized spacial score (nSPS) is 18.1. The highest BCUT2D eigenvalue weighted by atomic mass is 127. The van der Waals surface area contributed by atoms with Crippen LogP contribution in [0.3, 0.4) is 0 Å². The lowest BCUT2D eigenvalue weighted by molar-refractivity contribution is 0.122. The van der Waals surface area contributed by atoms with Crippen molar-refractivity contribution >= 4 is 35.6 Å². The Morgan fingerprint density at radius 1 is 1.13 bits per heavy atom. The third kappa shape index (κ3) is 6.30. The van der Waals surface area contributed by atoms with Crippen LogP contribution in [0.2, 0.25) is 0 Å². The molecule has 0 bridgehead atoms. The number of aliphatic imine (C=N–C) groups is 1. The highest BCUT2D eigenvalue weighted by Crippen LogP contribution is 2.21. The average Bonchev–Trinajstić information content (AvgIpc) is 3.29. The molecule has 0 atom stereocenters. The fourth-order valence-electron chi connectivity index (χ4n) is 3.90. The monoisotopic (exact) mass is 544 g/mol. The van der Waals surface area contributed by atoms with Crippen LogP contribution in [0, 0.1) is 5.82 Å². The van der Waals surface area contributed by atoms with Crippen molar-refractivity contribution in [2.75, 3.05) is 64.4 Å². The standard InChI is InChI=1S/C21H29FN6O2.HI/c1-23-21(28-7-5-26(6-8-28)16-18-4-11-30-25-18)24-15-17-2-3-20(19(22)14-17)27-9-12-29-13-10-27;/h2-4,11,14H,5-10,12-13,15-16H2,1H3,(H,23,24);1H. The number of guanidine groups is 1. The Morgan fingerprint density at radius 2 is 1.90 bits per heavy atom. The van der Waals surface area contributed by atoms with Gasteiger partial charge >= 0.3 is 0 Å². The molecular formula is C21H30FIN6O2. The molecule has 0 amide bonds. The van der Waals surface area contributed by atoms with Crippen molar-refractivity contribution in [1.29, 1.82) is 0 Å². The van der Waals surface area contributed by atoms with Crippen molar-refractivity contribution < 1.29 is 13.7 Å². The molecule has 2 fully saturated rings. The summed E-state index contributed by atoms with van der Waals surface area (Å²) in [6.07, 6.45) is 1.60. The summed E-state index contributed by atoms with van der Waals surface area (Å²) < 4.78 is 24.9. The lowest BCUT2D eigenvalue weighted by Crippen LogP contribution is -2.52. The molecule has 8 nitrogen and oxygen atoms in total. The van der Waals surface area contributed by atoms with Crippen LogP contribution in [0.4, 0.5) is 10.1 Å². The molecular weight excluding hydrogens is 514 g/mol. The molecule has 31 heavy (non-hydrogen) atoms. The van der Waals surface area contributed by atoms with Crippen LogP contribution in [0.5, 0.6) is 0 Å². The molecule has 3 heterocycles. The molecule has 0 saturated carbocycles. The van der Waals surface area contributed by atoms with E-state index >= 15 is 0 Å². The maximum Gasteiger partial charge on any atom is 0.194 e. The molecule has 0 spiro atoms. The van der Waals surface area contributed by atoms with E-state index in [1.807, 2.05) is 23.1 Å². The Kier molecular flexibility index (Phi) is 8.90. The van der Waals surface area contributed by atoms with Crippen molar-refractivity contribution in [2.45, 2.75) is 13.1 Å². The molecule has 4 rings (SSSR count). The van der Waals surface area contributed by atoms with Crippen LogP contribution >= 0.6 is 24.0 Å². The van der Waals surface area contributed by atoms with Gasteiger partial charge in [0.2, 0.25) is 0 Å². The Balaban J connectivity index is 0.00000272. The van der Waals surface area contributed by atoms with Gasteiger partial charge < -0.3 is 24.4 Å². The topological polar surface area (TPSA) is 69.4 Å². The van der Waals surface area contributed by atoms with E-state index in [4.69, 9.17) is 9.26 Å². The van der Waals surface area contributed by atoms with Gasteiger partial charge in [-0.15, -0.1) is 24.0 Å². The number of aromatic nitrogens is 1. The lowest BCUT2D eigenvalue weighted by atomic mass is 10.1.